The van der Waals surface area contributed by atoms with Crippen molar-refractivity contribution in [3.63, 3.8) is 0 Å². The lowest BCUT2D eigenvalue weighted by molar-refractivity contribution is -0.113. The molecule has 1 amide bonds. The van der Waals surface area contributed by atoms with Crippen molar-refractivity contribution in [3.8, 4) is 0 Å². The van der Waals surface area contributed by atoms with Crippen LogP contribution < -0.4 is 5.32 Å². The van der Waals surface area contributed by atoms with Crippen LogP contribution in [0.15, 0.2) is 28.7 Å². The van der Waals surface area contributed by atoms with E-state index in [4.69, 9.17) is 4.74 Å². The Morgan fingerprint density at radius 2 is 2.14 bits per heavy atom. The van der Waals surface area contributed by atoms with Crippen LogP contribution in [-0.2, 0) is 22.5 Å². The molecule has 10 heteroatoms. The van der Waals surface area contributed by atoms with Crippen LogP contribution in [0.3, 0.4) is 0 Å². The molecule has 0 aliphatic heterocycles. The highest BCUT2D eigenvalue weighted by molar-refractivity contribution is 7.99. The number of rotatable bonds is 9. The van der Waals surface area contributed by atoms with Crippen molar-refractivity contribution >= 4 is 51.3 Å². The van der Waals surface area contributed by atoms with Crippen molar-refractivity contribution in [1.29, 1.82) is 0 Å². The summed E-state index contributed by atoms with van der Waals surface area (Å²) in [6.07, 6.45) is 0.725. The third kappa shape index (κ3) is 5.46. The van der Waals surface area contributed by atoms with Gasteiger partial charge in [0.15, 0.2) is 5.16 Å². The van der Waals surface area contributed by atoms with E-state index in [1.807, 2.05) is 29.9 Å². The van der Waals surface area contributed by atoms with Crippen LogP contribution in [0.1, 0.15) is 39.8 Å². The molecular formula is C19H22N4O3S3. The maximum Gasteiger partial charge on any atom is 0.341 e. The molecule has 0 saturated carbocycles. The number of aryl methyl sites for hydroxylation is 1. The molecular weight excluding hydrogens is 428 g/mol. The van der Waals surface area contributed by atoms with Crippen LogP contribution in [0.5, 0.6) is 0 Å². The SMILES string of the molecule is CCOC(=O)c1cc(C)sc1NC(=O)CSc1nnc(Cc2cccs2)n1CC. The molecule has 3 rings (SSSR count). The molecule has 0 aromatic carbocycles. The zero-order valence-electron chi connectivity index (χ0n) is 16.4. The summed E-state index contributed by atoms with van der Waals surface area (Å²) < 4.78 is 7.08. The number of nitrogens with one attached hydrogen (secondary N) is 1. The van der Waals surface area contributed by atoms with Crippen molar-refractivity contribution in [2.45, 2.75) is 38.9 Å². The summed E-state index contributed by atoms with van der Waals surface area (Å²) >= 11 is 4.38. The number of hydrogen-bond donors (Lipinski definition) is 1. The Morgan fingerprint density at radius 1 is 1.31 bits per heavy atom. The summed E-state index contributed by atoms with van der Waals surface area (Å²) in [5, 5.41) is 14.6. The van der Waals surface area contributed by atoms with Gasteiger partial charge in [0, 0.05) is 22.7 Å². The second kappa shape index (κ2) is 10.0. The van der Waals surface area contributed by atoms with Crippen molar-refractivity contribution in [2.75, 3.05) is 17.7 Å². The number of aromatic nitrogens is 3. The van der Waals surface area contributed by atoms with E-state index in [1.54, 1.807) is 24.3 Å². The second-order valence-corrected chi connectivity index (χ2v) is 9.29. The Hall–Kier alpha value is -2.17. The molecule has 0 bridgehead atoms. The fourth-order valence-corrected chi connectivity index (χ4v) is 5.14. The molecule has 0 atom stereocenters. The van der Waals surface area contributed by atoms with Crippen LogP contribution in [0.25, 0.3) is 0 Å². The smallest absolute Gasteiger partial charge is 0.341 e. The van der Waals surface area contributed by atoms with Gasteiger partial charge in [-0.15, -0.1) is 32.9 Å². The first-order chi connectivity index (χ1) is 14.0. The lowest BCUT2D eigenvalue weighted by atomic mass is 10.3. The molecule has 3 heterocycles. The largest absolute Gasteiger partial charge is 0.462 e. The summed E-state index contributed by atoms with van der Waals surface area (Å²) in [6.45, 7) is 6.69. The summed E-state index contributed by atoms with van der Waals surface area (Å²) in [6, 6.07) is 5.82. The third-order valence-corrected chi connectivity index (χ3v) is 6.77. The summed E-state index contributed by atoms with van der Waals surface area (Å²) in [7, 11) is 0. The van der Waals surface area contributed by atoms with Crippen LogP contribution in [0, 0.1) is 6.92 Å². The third-order valence-electron chi connectivity index (χ3n) is 3.96. The molecule has 154 valence electrons. The standard InChI is InChI=1S/C19H22N4O3S3/c1-4-23-15(10-13-7-6-8-27-13)21-22-19(23)28-11-16(24)20-17-14(9-12(3)29-17)18(25)26-5-2/h6-9H,4-5,10-11H2,1-3H3,(H,20,24). The van der Waals surface area contributed by atoms with Gasteiger partial charge >= 0.3 is 5.97 Å². The summed E-state index contributed by atoms with van der Waals surface area (Å²) in [4.78, 5) is 26.7. The van der Waals surface area contributed by atoms with E-state index in [0.29, 0.717) is 15.7 Å². The Morgan fingerprint density at radius 3 is 2.83 bits per heavy atom. The van der Waals surface area contributed by atoms with Crippen molar-refractivity contribution in [1.82, 2.24) is 14.8 Å². The molecule has 0 spiro atoms. The van der Waals surface area contributed by atoms with Crippen LogP contribution in [0.4, 0.5) is 5.00 Å². The molecule has 0 aliphatic carbocycles. The van der Waals surface area contributed by atoms with Gasteiger partial charge in [0.25, 0.3) is 0 Å². The van der Waals surface area contributed by atoms with E-state index in [1.165, 1.54) is 28.0 Å². The van der Waals surface area contributed by atoms with Gasteiger partial charge in [-0.3, -0.25) is 4.79 Å². The maximum atomic E-state index is 12.5. The second-order valence-electron chi connectivity index (χ2n) is 6.06. The molecule has 0 radical (unpaired) electrons. The van der Waals surface area contributed by atoms with Crippen LogP contribution >= 0.6 is 34.4 Å². The minimum absolute atomic E-state index is 0.177. The molecule has 0 saturated heterocycles. The van der Waals surface area contributed by atoms with Crippen LogP contribution in [0.2, 0.25) is 0 Å². The molecule has 29 heavy (non-hydrogen) atoms. The lowest BCUT2D eigenvalue weighted by Gasteiger charge is -2.08. The number of thioether (sulfide) groups is 1. The van der Waals surface area contributed by atoms with E-state index in [9.17, 15) is 9.59 Å². The molecule has 3 aromatic rings. The number of amides is 1. The van der Waals surface area contributed by atoms with Crippen molar-refractivity contribution in [2.24, 2.45) is 0 Å². The minimum Gasteiger partial charge on any atom is -0.462 e. The molecule has 1 N–H and O–H groups in total. The normalized spacial score (nSPS) is 10.9. The zero-order valence-corrected chi connectivity index (χ0v) is 18.9. The Bertz CT molecular complexity index is 979. The fourth-order valence-electron chi connectivity index (χ4n) is 2.70. The average Bonchev–Trinajstić information content (AvgIpc) is 3.41. The topological polar surface area (TPSA) is 86.1 Å². The molecule has 0 aliphatic rings. The first-order valence-corrected chi connectivity index (χ1v) is 11.8. The lowest BCUT2D eigenvalue weighted by Crippen LogP contribution is -2.16. The van der Waals surface area contributed by atoms with Gasteiger partial charge in [-0.1, -0.05) is 17.8 Å². The minimum atomic E-state index is -0.427. The van der Waals surface area contributed by atoms with Gasteiger partial charge in [0.1, 0.15) is 10.8 Å². The Kier molecular flexibility index (Phi) is 7.45. The van der Waals surface area contributed by atoms with E-state index in [0.717, 1.165) is 23.7 Å². The van der Waals surface area contributed by atoms with Crippen molar-refractivity contribution < 1.29 is 14.3 Å². The van der Waals surface area contributed by atoms with E-state index < -0.39 is 5.97 Å². The van der Waals surface area contributed by atoms with Crippen molar-refractivity contribution in [3.05, 3.63) is 44.7 Å². The number of carbonyl (C=O) groups is 2. The number of ether oxygens (including phenoxy) is 1. The highest BCUT2D eigenvalue weighted by Gasteiger charge is 2.19. The molecule has 7 nitrogen and oxygen atoms in total. The summed E-state index contributed by atoms with van der Waals surface area (Å²) in [5.74, 6) is 0.434. The molecule has 3 aromatic heterocycles. The summed E-state index contributed by atoms with van der Waals surface area (Å²) in [5.41, 5.74) is 0.391. The predicted molar refractivity (Wildman–Crippen MR) is 117 cm³/mol. The Labute approximate surface area is 181 Å². The number of anilines is 1. The predicted octanol–water partition coefficient (Wildman–Crippen LogP) is 4.23. The van der Waals surface area contributed by atoms with Gasteiger partial charge in [-0.25, -0.2) is 4.79 Å². The zero-order chi connectivity index (χ0) is 20.8. The van der Waals surface area contributed by atoms with Gasteiger partial charge in [0.2, 0.25) is 5.91 Å². The number of esters is 1. The fraction of sp³-hybridized carbons (Fsp3) is 0.368. The molecule has 0 unspecified atom stereocenters. The molecule has 0 fully saturated rings. The Balaban J connectivity index is 1.63. The first kappa shape index (κ1) is 21.5. The number of hydrogen-bond acceptors (Lipinski definition) is 8. The monoisotopic (exact) mass is 450 g/mol. The quantitative estimate of drug-likeness (QED) is 0.388. The van der Waals surface area contributed by atoms with E-state index in [-0.39, 0.29) is 18.3 Å². The number of nitrogens with zero attached hydrogens (tertiary/aromatic N) is 3. The number of carbonyl (C=O) groups excluding carboxylic acids is 2. The highest BCUT2D eigenvalue weighted by Crippen LogP contribution is 2.29. The highest BCUT2D eigenvalue weighted by atomic mass is 32.2. The number of thiophene rings is 2. The van der Waals surface area contributed by atoms with Gasteiger partial charge in [-0.05, 0) is 38.3 Å². The maximum absolute atomic E-state index is 12.5. The van der Waals surface area contributed by atoms with E-state index in [2.05, 4.69) is 21.6 Å². The first-order valence-electron chi connectivity index (χ1n) is 9.16. The van der Waals surface area contributed by atoms with E-state index >= 15 is 0 Å². The van der Waals surface area contributed by atoms with Crippen LogP contribution in [-0.4, -0.2) is 39.0 Å². The van der Waals surface area contributed by atoms with Gasteiger partial charge in [-0.2, -0.15) is 0 Å². The average molecular weight is 451 g/mol. The van der Waals surface area contributed by atoms with Gasteiger partial charge in [0.05, 0.1) is 17.9 Å². The van der Waals surface area contributed by atoms with Gasteiger partial charge < -0.3 is 14.6 Å².